The summed E-state index contributed by atoms with van der Waals surface area (Å²) in [6.45, 7) is 0. The van der Waals surface area contributed by atoms with E-state index in [-0.39, 0.29) is 0 Å². The highest BCUT2D eigenvalue weighted by atomic mass is 32.2. The van der Waals surface area contributed by atoms with E-state index in [1.165, 1.54) is 0 Å². The minimum absolute atomic E-state index is 0.634. The summed E-state index contributed by atoms with van der Waals surface area (Å²) in [6.07, 6.45) is 10.7. The van der Waals surface area contributed by atoms with Crippen LogP contribution < -0.4 is 4.90 Å². The highest BCUT2D eigenvalue weighted by molar-refractivity contribution is 7.99. The lowest BCUT2D eigenvalue weighted by molar-refractivity contribution is 1.02. The average Bonchev–Trinajstić information content (AvgIpc) is 2.53. The number of anilines is 3. The molecule has 5 nitrogen and oxygen atoms in total. The van der Waals surface area contributed by atoms with E-state index < -0.39 is 0 Å². The molecule has 0 bridgehead atoms. The molecule has 0 saturated carbocycles. The number of nitrogens with zero attached hydrogens (tertiary/aromatic N) is 5. The van der Waals surface area contributed by atoms with E-state index in [0.717, 1.165) is 21.2 Å². The van der Waals surface area contributed by atoms with Gasteiger partial charge in [0.25, 0.3) is 0 Å². The third-order valence-electron chi connectivity index (χ3n) is 2.98. The summed E-state index contributed by atoms with van der Waals surface area (Å²) in [6, 6.07) is 5.76. The van der Waals surface area contributed by atoms with Crippen molar-refractivity contribution in [2.45, 2.75) is 9.79 Å². The Morgan fingerprint density at radius 1 is 0.800 bits per heavy atom. The van der Waals surface area contributed by atoms with Crippen molar-refractivity contribution in [3.63, 3.8) is 0 Å². The van der Waals surface area contributed by atoms with Gasteiger partial charge in [0.2, 0.25) is 5.95 Å². The Balaban J connectivity index is 1.98. The molecule has 0 aliphatic carbocycles. The van der Waals surface area contributed by atoms with Gasteiger partial charge in [0.15, 0.2) is 0 Å². The lowest BCUT2D eigenvalue weighted by atomic mass is 10.3. The van der Waals surface area contributed by atoms with E-state index in [1.807, 2.05) is 29.4 Å². The van der Waals surface area contributed by atoms with Crippen LogP contribution in [0.25, 0.3) is 0 Å². The maximum absolute atomic E-state index is 4.36. The van der Waals surface area contributed by atoms with Crippen LogP contribution in [0.4, 0.5) is 17.3 Å². The molecule has 4 rings (SSSR count). The number of pyridine rings is 2. The van der Waals surface area contributed by atoms with Gasteiger partial charge in [-0.15, -0.1) is 0 Å². The van der Waals surface area contributed by atoms with E-state index in [0.29, 0.717) is 5.95 Å². The predicted molar refractivity (Wildman–Crippen MR) is 76.4 cm³/mol. The minimum Gasteiger partial charge on any atom is -0.275 e. The number of hydrogen-bond acceptors (Lipinski definition) is 6. The highest BCUT2D eigenvalue weighted by Crippen LogP contribution is 2.49. The van der Waals surface area contributed by atoms with E-state index in [2.05, 4.69) is 19.9 Å². The minimum atomic E-state index is 0.634. The average molecular weight is 279 g/mol. The fourth-order valence-corrected chi connectivity index (χ4v) is 3.13. The smallest absolute Gasteiger partial charge is 0.234 e. The van der Waals surface area contributed by atoms with E-state index in [9.17, 15) is 0 Å². The van der Waals surface area contributed by atoms with Gasteiger partial charge in [-0.25, -0.2) is 9.97 Å². The van der Waals surface area contributed by atoms with Crippen LogP contribution in [0, 0.1) is 0 Å². The molecule has 20 heavy (non-hydrogen) atoms. The molecule has 0 atom stereocenters. The van der Waals surface area contributed by atoms with Crippen molar-refractivity contribution in [3.05, 3.63) is 55.4 Å². The fraction of sp³-hybridized carbons (Fsp3) is 0. The molecule has 4 heterocycles. The molecule has 3 aromatic rings. The lowest BCUT2D eigenvalue weighted by Crippen LogP contribution is -2.17. The largest absolute Gasteiger partial charge is 0.275 e. The normalized spacial score (nSPS) is 12.7. The Bertz CT molecular complexity index is 717. The molecule has 1 aliphatic rings. The van der Waals surface area contributed by atoms with Gasteiger partial charge in [-0.1, -0.05) is 11.8 Å². The fourth-order valence-electron chi connectivity index (χ4n) is 2.13. The molecule has 0 spiro atoms. The van der Waals surface area contributed by atoms with Gasteiger partial charge in [0, 0.05) is 35.9 Å². The summed E-state index contributed by atoms with van der Waals surface area (Å²) in [5, 5.41) is 0. The summed E-state index contributed by atoms with van der Waals surface area (Å²) in [7, 11) is 0. The monoisotopic (exact) mass is 279 g/mol. The van der Waals surface area contributed by atoms with Crippen molar-refractivity contribution >= 4 is 29.1 Å². The van der Waals surface area contributed by atoms with Crippen LogP contribution in [0.2, 0.25) is 0 Å². The molecule has 96 valence electrons. The molecule has 0 N–H and O–H groups in total. The van der Waals surface area contributed by atoms with Crippen molar-refractivity contribution in [2.75, 3.05) is 4.90 Å². The molecule has 6 heteroatoms. The molecule has 3 aromatic heterocycles. The van der Waals surface area contributed by atoms with Gasteiger partial charge in [-0.05, 0) is 18.2 Å². The van der Waals surface area contributed by atoms with Gasteiger partial charge in [0.05, 0.1) is 22.5 Å². The molecule has 1 aliphatic heterocycles. The first-order valence-electron chi connectivity index (χ1n) is 6.06. The number of fused-ring (bicyclic) bond motifs is 2. The standard InChI is InChI=1S/C14H9N5S/c1-4-17-14(18-5-1)19-10-2-6-16-9-13(10)20-12-3-7-15-8-11(12)19/h1-9H. The van der Waals surface area contributed by atoms with Crippen LogP contribution in [0.3, 0.4) is 0 Å². The first-order chi connectivity index (χ1) is 9.93. The van der Waals surface area contributed by atoms with Crippen LogP contribution >= 0.6 is 11.8 Å². The lowest BCUT2D eigenvalue weighted by Gasteiger charge is -2.29. The molecule has 0 radical (unpaired) electrons. The van der Waals surface area contributed by atoms with Crippen molar-refractivity contribution < 1.29 is 0 Å². The Hall–Kier alpha value is -2.47. The van der Waals surface area contributed by atoms with Crippen LogP contribution in [-0.2, 0) is 0 Å². The molecule has 0 fully saturated rings. The van der Waals surface area contributed by atoms with Gasteiger partial charge < -0.3 is 0 Å². The topological polar surface area (TPSA) is 54.8 Å². The second-order valence-electron chi connectivity index (χ2n) is 4.17. The Morgan fingerprint density at radius 3 is 2.50 bits per heavy atom. The van der Waals surface area contributed by atoms with E-state index in [1.54, 1.807) is 42.6 Å². The number of aromatic nitrogens is 4. The molecular formula is C14H9N5S. The summed E-state index contributed by atoms with van der Waals surface area (Å²) >= 11 is 1.68. The Kier molecular flexibility index (Phi) is 2.60. The molecule has 0 unspecified atom stereocenters. The van der Waals surface area contributed by atoms with Gasteiger partial charge >= 0.3 is 0 Å². The highest BCUT2D eigenvalue weighted by Gasteiger charge is 2.26. The number of hydrogen-bond donors (Lipinski definition) is 0. The molecule has 0 aromatic carbocycles. The van der Waals surface area contributed by atoms with Crippen molar-refractivity contribution in [3.8, 4) is 0 Å². The maximum atomic E-state index is 4.36. The first-order valence-corrected chi connectivity index (χ1v) is 6.88. The Morgan fingerprint density at radius 2 is 1.60 bits per heavy atom. The Labute approximate surface area is 119 Å². The van der Waals surface area contributed by atoms with Crippen LogP contribution in [0.1, 0.15) is 0 Å². The van der Waals surface area contributed by atoms with Crippen molar-refractivity contribution in [1.29, 1.82) is 0 Å². The second-order valence-corrected chi connectivity index (χ2v) is 5.26. The maximum Gasteiger partial charge on any atom is 0.234 e. The summed E-state index contributed by atoms with van der Waals surface area (Å²) in [5.41, 5.74) is 2.01. The van der Waals surface area contributed by atoms with Gasteiger partial charge in [-0.2, -0.15) is 0 Å². The summed E-state index contributed by atoms with van der Waals surface area (Å²) < 4.78 is 0. The second kappa shape index (κ2) is 4.57. The molecule has 0 saturated heterocycles. The number of rotatable bonds is 1. The summed E-state index contributed by atoms with van der Waals surface area (Å²) in [4.78, 5) is 21.3. The first kappa shape index (κ1) is 11.4. The van der Waals surface area contributed by atoms with Crippen LogP contribution in [-0.4, -0.2) is 19.9 Å². The van der Waals surface area contributed by atoms with Crippen molar-refractivity contribution in [2.24, 2.45) is 0 Å². The zero-order valence-corrected chi connectivity index (χ0v) is 11.2. The third-order valence-corrected chi connectivity index (χ3v) is 4.08. The predicted octanol–water partition coefficient (Wildman–Crippen LogP) is 3.20. The zero-order chi connectivity index (χ0) is 13.4. The van der Waals surface area contributed by atoms with Crippen LogP contribution in [0.5, 0.6) is 0 Å². The summed E-state index contributed by atoms with van der Waals surface area (Å²) in [5.74, 6) is 0.634. The zero-order valence-electron chi connectivity index (χ0n) is 10.3. The van der Waals surface area contributed by atoms with Crippen LogP contribution in [0.15, 0.2) is 65.2 Å². The third kappa shape index (κ3) is 1.73. The molecular weight excluding hydrogens is 270 g/mol. The van der Waals surface area contributed by atoms with E-state index in [4.69, 9.17) is 0 Å². The SMILES string of the molecule is c1cnc(N2c3ccncc3Sc3ccncc32)nc1. The van der Waals surface area contributed by atoms with E-state index >= 15 is 0 Å². The van der Waals surface area contributed by atoms with Gasteiger partial charge in [0.1, 0.15) is 0 Å². The quantitative estimate of drug-likeness (QED) is 0.533. The molecule has 0 amide bonds. The van der Waals surface area contributed by atoms with Gasteiger partial charge in [-0.3, -0.25) is 14.9 Å². The van der Waals surface area contributed by atoms with Crippen molar-refractivity contribution in [1.82, 2.24) is 19.9 Å².